The van der Waals surface area contributed by atoms with Crippen LogP contribution in [0.5, 0.6) is 0 Å². The van der Waals surface area contributed by atoms with Crippen molar-refractivity contribution in [2.24, 2.45) is 4.99 Å². The van der Waals surface area contributed by atoms with Crippen molar-refractivity contribution in [1.29, 1.82) is 0 Å². The van der Waals surface area contributed by atoms with Gasteiger partial charge in [-0.3, -0.25) is 14.3 Å². The number of isothiocyanates is 1. The van der Waals surface area contributed by atoms with Gasteiger partial charge in [0.15, 0.2) is 0 Å². The minimum absolute atomic E-state index is 0.0462. The lowest BCUT2D eigenvalue weighted by Gasteiger charge is -2.10. The number of benzene rings is 1. The number of nitrogens with one attached hydrogen (secondary N) is 1. The first kappa shape index (κ1) is 24.3. The molecule has 1 heterocycles. The van der Waals surface area contributed by atoms with Gasteiger partial charge in [-0.1, -0.05) is 13.0 Å². The Balaban J connectivity index is 1.80. The van der Waals surface area contributed by atoms with Gasteiger partial charge in [-0.25, -0.2) is 4.99 Å². The van der Waals surface area contributed by atoms with Crippen molar-refractivity contribution in [3.05, 3.63) is 41.6 Å². The molecule has 0 aliphatic carbocycles. The second-order valence-corrected chi connectivity index (χ2v) is 9.39. The number of aryl methyl sites for hydroxylation is 1. The Morgan fingerprint density at radius 3 is 2.83 bits per heavy atom. The molecule has 2 rings (SSSR count). The highest BCUT2D eigenvalue weighted by Gasteiger charge is 2.11. The number of nitrogens with zero attached hydrogens (tertiary/aromatic N) is 2. The largest absolute Gasteiger partial charge is 0.356 e. The van der Waals surface area contributed by atoms with E-state index in [0.29, 0.717) is 38.8 Å². The zero-order valence-corrected chi connectivity index (χ0v) is 18.8. The number of pyridine rings is 1. The molecule has 1 unspecified atom stereocenters. The first-order valence-electron chi connectivity index (χ1n) is 10.0. The average Bonchev–Trinajstić information content (AvgIpc) is 2.70. The van der Waals surface area contributed by atoms with E-state index >= 15 is 0 Å². The van der Waals surface area contributed by atoms with E-state index in [1.807, 2.05) is 12.3 Å². The zero-order chi connectivity index (χ0) is 22.0. The molecule has 1 aromatic carbocycles. The van der Waals surface area contributed by atoms with Gasteiger partial charge in [0, 0.05) is 36.6 Å². The normalized spacial score (nSPS) is 12.4. The molecule has 30 heavy (non-hydrogen) atoms. The number of thiocarbonyl (C=S) groups is 1. The zero-order valence-electron chi connectivity index (χ0n) is 17.1. The number of carbonyl (C=O) groups is 1. The monoisotopic (exact) mass is 449 g/mol. The fraction of sp³-hybridized carbons (Fsp3) is 0.476. The number of fused-ring (bicyclic) bond motifs is 1. The van der Waals surface area contributed by atoms with E-state index in [1.54, 1.807) is 0 Å². The van der Waals surface area contributed by atoms with Crippen molar-refractivity contribution < 1.29 is 19.1 Å². The first-order chi connectivity index (χ1) is 14.3. The van der Waals surface area contributed by atoms with Crippen molar-refractivity contribution >= 4 is 41.8 Å². The Hall–Kier alpha value is -1.95. The number of aromatic nitrogens is 1. The van der Waals surface area contributed by atoms with Gasteiger partial charge >= 0.3 is 7.60 Å². The molecular formula is C21H28N3O4PS. The van der Waals surface area contributed by atoms with Crippen LogP contribution in [0.15, 0.2) is 35.5 Å². The van der Waals surface area contributed by atoms with Crippen LogP contribution in [0, 0.1) is 0 Å². The van der Waals surface area contributed by atoms with Crippen LogP contribution in [0.3, 0.4) is 0 Å². The summed E-state index contributed by atoms with van der Waals surface area (Å²) >= 11 is 4.64. The molecule has 0 spiro atoms. The molecule has 3 N–H and O–H groups in total. The minimum atomic E-state index is -3.94. The second-order valence-electron chi connectivity index (χ2n) is 7.43. The molecule has 0 aliphatic heterocycles. The van der Waals surface area contributed by atoms with Gasteiger partial charge < -0.3 is 15.1 Å². The highest BCUT2D eigenvalue weighted by Crippen LogP contribution is 2.35. The molecule has 0 radical (unpaired) electrons. The lowest BCUT2D eigenvalue weighted by Crippen LogP contribution is -2.24. The van der Waals surface area contributed by atoms with Crippen molar-refractivity contribution in [3.63, 3.8) is 0 Å². The van der Waals surface area contributed by atoms with Crippen molar-refractivity contribution in [2.45, 2.75) is 44.9 Å². The standard InChI is InChI=1S/C21H28N3O4PS/c1-16(13-22-15-30)18-7-8-20-19(12-18)11-17(14-24-20)5-4-6-21(25)23-9-2-3-10-29(26,27)28/h7-8,11-12,14,16H,2-6,9-10,13H2,1H3,(H,23,25)(H2,26,27,28). The van der Waals surface area contributed by atoms with Crippen LogP contribution >= 0.6 is 19.8 Å². The van der Waals surface area contributed by atoms with E-state index in [1.165, 1.54) is 5.56 Å². The van der Waals surface area contributed by atoms with E-state index in [2.05, 4.69) is 57.8 Å². The summed E-state index contributed by atoms with van der Waals surface area (Å²) in [6.45, 7) is 3.14. The molecule has 0 saturated carbocycles. The van der Waals surface area contributed by atoms with Crippen molar-refractivity contribution in [1.82, 2.24) is 10.3 Å². The highest BCUT2D eigenvalue weighted by atomic mass is 32.1. The van der Waals surface area contributed by atoms with E-state index in [9.17, 15) is 9.36 Å². The van der Waals surface area contributed by atoms with Gasteiger partial charge in [0.05, 0.1) is 17.2 Å². The number of rotatable bonds is 12. The van der Waals surface area contributed by atoms with Gasteiger partial charge in [0.1, 0.15) is 0 Å². The lowest BCUT2D eigenvalue weighted by molar-refractivity contribution is -0.121. The molecule has 0 saturated heterocycles. The summed E-state index contributed by atoms with van der Waals surface area (Å²) in [5.41, 5.74) is 3.19. The van der Waals surface area contributed by atoms with E-state index in [0.717, 1.165) is 22.9 Å². The molecule has 1 aromatic heterocycles. The van der Waals surface area contributed by atoms with E-state index in [4.69, 9.17) is 9.79 Å². The predicted octanol–water partition coefficient (Wildman–Crippen LogP) is 3.84. The molecule has 0 bridgehead atoms. The maximum Gasteiger partial charge on any atom is 0.325 e. The summed E-state index contributed by atoms with van der Waals surface area (Å²) in [6.07, 6.45) is 4.53. The second kappa shape index (κ2) is 12.0. The summed E-state index contributed by atoms with van der Waals surface area (Å²) in [5, 5.41) is 6.26. The molecule has 1 amide bonds. The van der Waals surface area contributed by atoms with Crippen molar-refractivity contribution in [2.75, 3.05) is 19.3 Å². The highest BCUT2D eigenvalue weighted by molar-refractivity contribution is 7.78. The topological polar surface area (TPSA) is 112 Å². The van der Waals surface area contributed by atoms with Crippen LogP contribution in [-0.4, -0.2) is 45.1 Å². The van der Waals surface area contributed by atoms with Gasteiger partial charge in [0.25, 0.3) is 0 Å². The van der Waals surface area contributed by atoms with Crippen LogP contribution in [-0.2, 0) is 15.8 Å². The fourth-order valence-corrected chi connectivity index (χ4v) is 3.84. The molecule has 0 aliphatic rings. The molecule has 162 valence electrons. The fourth-order valence-electron chi connectivity index (χ4n) is 3.13. The van der Waals surface area contributed by atoms with Crippen LogP contribution in [0.25, 0.3) is 10.9 Å². The third kappa shape index (κ3) is 8.82. The summed E-state index contributed by atoms with van der Waals surface area (Å²) in [5.74, 6) is 0.203. The lowest BCUT2D eigenvalue weighted by atomic mass is 9.98. The molecule has 0 fully saturated rings. The Kier molecular flexibility index (Phi) is 9.76. The Morgan fingerprint density at radius 2 is 2.10 bits per heavy atom. The molecule has 9 heteroatoms. The Bertz CT molecular complexity index is 956. The first-order valence-corrected chi connectivity index (χ1v) is 12.2. The maximum absolute atomic E-state index is 11.9. The number of hydrogen-bond donors (Lipinski definition) is 3. The number of amides is 1. The number of carbonyl (C=O) groups excluding carboxylic acids is 1. The molecule has 1 atom stereocenters. The van der Waals surface area contributed by atoms with Crippen LogP contribution in [0.4, 0.5) is 0 Å². The smallest absolute Gasteiger partial charge is 0.325 e. The van der Waals surface area contributed by atoms with Crippen molar-refractivity contribution in [3.8, 4) is 0 Å². The van der Waals surface area contributed by atoms with Gasteiger partial charge in [-0.15, -0.1) is 0 Å². The molecule has 2 aromatic rings. The minimum Gasteiger partial charge on any atom is -0.356 e. The SMILES string of the molecule is CC(CN=C=S)c1ccc2ncc(CCCC(=O)NCCCCP(=O)(O)O)cc2c1. The Morgan fingerprint density at radius 1 is 1.30 bits per heavy atom. The quantitative estimate of drug-likeness (QED) is 0.196. The molecule has 7 nitrogen and oxygen atoms in total. The molecular weight excluding hydrogens is 421 g/mol. The van der Waals surface area contributed by atoms with Crippen LogP contribution in [0.2, 0.25) is 0 Å². The third-order valence-corrected chi connectivity index (χ3v) is 5.86. The van der Waals surface area contributed by atoms with E-state index < -0.39 is 7.60 Å². The summed E-state index contributed by atoms with van der Waals surface area (Å²) in [4.78, 5) is 38.0. The average molecular weight is 450 g/mol. The predicted molar refractivity (Wildman–Crippen MR) is 122 cm³/mol. The number of unbranched alkanes of at least 4 members (excludes halogenated alkanes) is 1. The van der Waals surface area contributed by atoms with Crippen LogP contribution < -0.4 is 5.32 Å². The Labute approximate surface area is 182 Å². The number of aliphatic imine (C=N–C) groups is 1. The summed E-state index contributed by atoms with van der Waals surface area (Å²) in [6, 6.07) is 8.30. The van der Waals surface area contributed by atoms with Gasteiger partial charge in [0.2, 0.25) is 5.91 Å². The number of hydrogen-bond acceptors (Lipinski definition) is 5. The summed E-state index contributed by atoms with van der Waals surface area (Å²) in [7, 11) is -3.94. The van der Waals surface area contributed by atoms with Gasteiger partial charge in [-0.05, 0) is 67.2 Å². The maximum atomic E-state index is 11.9. The van der Waals surface area contributed by atoms with Crippen LogP contribution in [0.1, 0.15) is 49.7 Å². The van der Waals surface area contributed by atoms with E-state index in [-0.39, 0.29) is 18.0 Å². The van der Waals surface area contributed by atoms with Gasteiger partial charge in [-0.2, -0.15) is 0 Å². The summed E-state index contributed by atoms with van der Waals surface area (Å²) < 4.78 is 10.8. The third-order valence-electron chi connectivity index (χ3n) is 4.83.